The Morgan fingerprint density at radius 2 is 1.89 bits per heavy atom. The second kappa shape index (κ2) is 12.1. The van der Waals surface area contributed by atoms with Crippen molar-refractivity contribution >= 4 is 34.7 Å². The van der Waals surface area contributed by atoms with E-state index in [1.165, 1.54) is 30.6 Å². The van der Waals surface area contributed by atoms with E-state index in [0.717, 1.165) is 54.1 Å². The van der Waals surface area contributed by atoms with Crippen molar-refractivity contribution in [1.82, 2.24) is 4.90 Å². The molecule has 0 N–H and O–H groups in total. The van der Waals surface area contributed by atoms with E-state index < -0.39 is 4.92 Å². The standard InChI is InChI=1S/C28H30N2O6S/c1-3-7-22-14-21(16-25-27(31)29(28(32)37-25)17-19-8-5-4-6-9-19)15-24(35-2)26(22)36-18-20-10-12-23(13-11-20)30(33)34/h3,10-16,19H,1,4-9,17-18H2,2H3/b25-16+. The number of ether oxygens (including phenoxy) is 2. The fourth-order valence-electron chi connectivity index (χ4n) is 4.70. The van der Waals surface area contributed by atoms with Crippen molar-refractivity contribution in [3.8, 4) is 11.5 Å². The van der Waals surface area contributed by atoms with Crippen LogP contribution in [0.5, 0.6) is 11.5 Å². The maximum atomic E-state index is 13.1. The van der Waals surface area contributed by atoms with Crippen LogP contribution in [-0.4, -0.2) is 34.6 Å². The van der Waals surface area contributed by atoms with Crippen LogP contribution in [0, 0.1) is 16.0 Å². The Bertz CT molecular complexity index is 1220. The predicted molar refractivity (Wildman–Crippen MR) is 144 cm³/mol. The summed E-state index contributed by atoms with van der Waals surface area (Å²) in [5.74, 6) is 1.15. The van der Waals surface area contributed by atoms with Gasteiger partial charge in [0.05, 0.1) is 16.9 Å². The van der Waals surface area contributed by atoms with Crippen molar-refractivity contribution in [2.75, 3.05) is 13.7 Å². The summed E-state index contributed by atoms with van der Waals surface area (Å²) in [6.45, 7) is 4.51. The molecule has 0 radical (unpaired) electrons. The number of imide groups is 1. The number of nitrogens with zero attached hydrogens (tertiary/aromatic N) is 2. The number of hydrogen-bond donors (Lipinski definition) is 0. The minimum atomic E-state index is -0.445. The first-order valence-corrected chi connectivity index (χ1v) is 13.1. The molecule has 2 fully saturated rings. The zero-order valence-electron chi connectivity index (χ0n) is 20.8. The van der Waals surface area contributed by atoms with Crippen molar-refractivity contribution in [1.29, 1.82) is 0 Å². The Hall–Kier alpha value is -3.59. The molecule has 1 saturated carbocycles. The minimum absolute atomic E-state index is 0.0150. The molecule has 0 bridgehead atoms. The van der Waals surface area contributed by atoms with Gasteiger partial charge in [0.15, 0.2) is 11.5 Å². The molecule has 2 aliphatic rings. The molecule has 2 amide bonds. The van der Waals surface area contributed by atoms with Gasteiger partial charge in [-0.25, -0.2) is 0 Å². The van der Waals surface area contributed by atoms with E-state index >= 15 is 0 Å². The van der Waals surface area contributed by atoms with Gasteiger partial charge >= 0.3 is 0 Å². The molecular weight excluding hydrogens is 492 g/mol. The number of nitro groups is 1. The molecule has 2 aromatic carbocycles. The molecule has 4 rings (SSSR count). The van der Waals surface area contributed by atoms with Crippen molar-refractivity contribution in [3.63, 3.8) is 0 Å². The highest BCUT2D eigenvalue weighted by atomic mass is 32.2. The number of rotatable bonds is 10. The summed E-state index contributed by atoms with van der Waals surface area (Å²) in [6, 6.07) is 9.83. The first-order valence-electron chi connectivity index (χ1n) is 12.3. The van der Waals surface area contributed by atoms with E-state index in [1.807, 2.05) is 6.07 Å². The van der Waals surface area contributed by atoms with Gasteiger partial charge in [0.25, 0.3) is 16.8 Å². The van der Waals surface area contributed by atoms with E-state index in [9.17, 15) is 19.7 Å². The summed E-state index contributed by atoms with van der Waals surface area (Å²) in [4.78, 5) is 37.9. The molecule has 194 valence electrons. The molecule has 1 aliphatic heterocycles. The summed E-state index contributed by atoms with van der Waals surface area (Å²) in [7, 11) is 1.54. The van der Waals surface area contributed by atoms with Crippen LogP contribution in [-0.2, 0) is 17.8 Å². The van der Waals surface area contributed by atoms with E-state index in [2.05, 4.69) is 6.58 Å². The molecule has 8 nitrogen and oxygen atoms in total. The summed E-state index contributed by atoms with van der Waals surface area (Å²) >= 11 is 0.971. The van der Waals surface area contributed by atoms with Gasteiger partial charge in [0, 0.05) is 24.2 Å². The highest BCUT2D eigenvalue weighted by Crippen LogP contribution is 2.38. The molecule has 0 aromatic heterocycles. The number of non-ortho nitro benzene ring substituents is 1. The van der Waals surface area contributed by atoms with Gasteiger partial charge in [0.2, 0.25) is 0 Å². The maximum Gasteiger partial charge on any atom is 0.293 e. The molecule has 1 heterocycles. The lowest BCUT2D eigenvalue weighted by Crippen LogP contribution is -2.34. The minimum Gasteiger partial charge on any atom is -0.493 e. The number of amides is 2. The number of benzene rings is 2. The monoisotopic (exact) mass is 522 g/mol. The normalized spacial score (nSPS) is 17.3. The van der Waals surface area contributed by atoms with Crippen LogP contribution >= 0.6 is 11.8 Å². The van der Waals surface area contributed by atoms with E-state index in [0.29, 0.717) is 35.3 Å². The first-order chi connectivity index (χ1) is 17.9. The van der Waals surface area contributed by atoms with Crippen molar-refractivity contribution in [3.05, 3.63) is 80.8 Å². The van der Waals surface area contributed by atoms with Gasteiger partial charge in [0.1, 0.15) is 6.61 Å². The van der Waals surface area contributed by atoms with Gasteiger partial charge in [-0.05, 0) is 78.4 Å². The number of carbonyl (C=O) groups excluding carboxylic acids is 2. The van der Waals surface area contributed by atoms with Gasteiger partial charge in [-0.3, -0.25) is 24.6 Å². The van der Waals surface area contributed by atoms with Gasteiger partial charge < -0.3 is 9.47 Å². The van der Waals surface area contributed by atoms with E-state index in [1.54, 1.807) is 30.4 Å². The third kappa shape index (κ3) is 6.40. The zero-order valence-corrected chi connectivity index (χ0v) is 21.6. The van der Waals surface area contributed by atoms with Crippen LogP contribution in [0.1, 0.15) is 48.8 Å². The van der Waals surface area contributed by atoms with Gasteiger partial charge in [-0.15, -0.1) is 6.58 Å². The number of methoxy groups -OCH3 is 1. The van der Waals surface area contributed by atoms with Crippen LogP contribution in [0.2, 0.25) is 0 Å². The zero-order chi connectivity index (χ0) is 26.4. The number of hydrogen-bond acceptors (Lipinski definition) is 7. The highest BCUT2D eigenvalue weighted by molar-refractivity contribution is 8.18. The van der Waals surface area contributed by atoms with Gasteiger partial charge in [-0.2, -0.15) is 0 Å². The summed E-state index contributed by atoms with van der Waals surface area (Å²) in [6.07, 6.45) is 9.62. The van der Waals surface area contributed by atoms with Crippen LogP contribution in [0.15, 0.2) is 54.0 Å². The molecule has 1 saturated heterocycles. The Balaban J connectivity index is 1.54. The smallest absolute Gasteiger partial charge is 0.293 e. The third-order valence-electron chi connectivity index (χ3n) is 6.61. The predicted octanol–water partition coefficient (Wildman–Crippen LogP) is 6.53. The van der Waals surface area contributed by atoms with Gasteiger partial charge in [-0.1, -0.05) is 25.3 Å². The Kier molecular flexibility index (Phi) is 8.66. The topological polar surface area (TPSA) is 99.0 Å². The molecule has 1 aliphatic carbocycles. The quantitative estimate of drug-likeness (QED) is 0.151. The first kappa shape index (κ1) is 26.5. The lowest BCUT2D eigenvalue weighted by atomic mass is 9.89. The summed E-state index contributed by atoms with van der Waals surface area (Å²) < 4.78 is 11.7. The van der Waals surface area contributed by atoms with Crippen molar-refractivity contribution in [2.24, 2.45) is 5.92 Å². The number of nitro benzene ring substituents is 1. The molecule has 0 unspecified atom stereocenters. The van der Waals surface area contributed by atoms with Crippen LogP contribution in [0.3, 0.4) is 0 Å². The van der Waals surface area contributed by atoms with E-state index in [-0.39, 0.29) is 23.4 Å². The van der Waals surface area contributed by atoms with E-state index in [4.69, 9.17) is 9.47 Å². The molecule has 0 atom stereocenters. The lowest BCUT2D eigenvalue weighted by Gasteiger charge is -2.25. The average molecular weight is 523 g/mol. The van der Waals surface area contributed by atoms with Crippen molar-refractivity contribution in [2.45, 2.75) is 45.1 Å². The Morgan fingerprint density at radius 1 is 1.16 bits per heavy atom. The largest absolute Gasteiger partial charge is 0.493 e. The molecule has 37 heavy (non-hydrogen) atoms. The molecule has 2 aromatic rings. The average Bonchev–Trinajstić information content (AvgIpc) is 3.16. The second-order valence-electron chi connectivity index (χ2n) is 9.21. The lowest BCUT2D eigenvalue weighted by molar-refractivity contribution is -0.384. The molecule has 9 heteroatoms. The SMILES string of the molecule is C=CCc1cc(/C=C2/SC(=O)N(CC3CCCCC3)C2=O)cc(OC)c1OCc1ccc([N+](=O)[O-])cc1. The fourth-order valence-corrected chi connectivity index (χ4v) is 5.54. The maximum absolute atomic E-state index is 13.1. The van der Waals surface area contributed by atoms with Crippen LogP contribution < -0.4 is 9.47 Å². The number of allylic oxidation sites excluding steroid dienone is 1. The highest BCUT2D eigenvalue weighted by Gasteiger charge is 2.36. The van der Waals surface area contributed by atoms with Crippen LogP contribution in [0.4, 0.5) is 10.5 Å². The summed E-state index contributed by atoms with van der Waals surface area (Å²) in [5, 5.41) is 10.7. The second-order valence-corrected chi connectivity index (χ2v) is 10.2. The van der Waals surface area contributed by atoms with Crippen molar-refractivity contribution < 1.29 is 24.0 Å². The number of thioether (sulfide) groups is 1. The third-order valence-corrected chi connectivity index (χ3v) is 7.51. The fraction of sp³-hybridized carbons (Fsp3) is 0.357. The summed E-state index contributed by atoms with van der Waals surface area (Å²) in [5.41, 5.74) is 2.32. The van der Waals surface area contributed by atoms with Crippen LogP contribution in [0.25, 0.3) is 6.08 Å². The molecular formula is C28H30N2O6S. The molecule has 0 spiro atoms. The Labute approximate surface area is 220 Å². The number of carbonyl (C=O) groups is 2. The Morgan fingerprint density at radius 3 is 2.54 bits per heavy atom.